The first-order valence-electron chi connectivity index (χ1n) is 10.3. The number of aryl methyl sites for hydroxylation is 2. The minimum Gasteiger partial charge on any atom is -0.495 e. The van der Waals surface area contributed by atoms with Gasteiger partial charge in [-0.15, -0.1) is 0 Å². The summed E-state index contributed by atoms with van der Waals surface area (Å²) >= 11 is 5.63. The number of nitriles is 1. The van der Waals surface area contributed by atoms with Gasteiger partial charge in [-0.25, -0.2) is 4.98 Å². The van der Waals surface area contributed by atoms with E-state index in [-0.39, 0.29) is 0 Å². The van der Waals surface area contributed by atoms with Gasteiger partial charge < -0.3 is 19.9 Å². The third-order valence-electron chi connectivity index (χ3n) is 5.60. The molecular weight excluding hydrogens is 406 g/mol. The van der Waals surface area contributed by atoms with Crippen LogP contribution in [0.15, 0.2) is 42.5 Å². The summed E-state index contributed by atoms with van der Waals surface area (Å²) in [5, 5.41) is 14.7. The first-order chi connectivity index (χ1) is 15.0. The molecule has 2 heterocycles. The highest BCUT2D eigenvalue weighted by Crippen LogP contribution is 2.28. The van der Waals surface area contributed by atoms with Crippen molar-refractivity contribution in [2.24, 2.45) is 0 Å². The molecule has 1 aliphatic heterocycles. The van der Waals surface area contributed by atoms with Crippen molar-refractivity contribution < 1.29 is 4.74 Å². The molecule has 2 aromatic carbocycles. The van der Waals surface area contributed by atoms with Crippen LogP contribution in [0.5, 0.6) is 5.75 Å². The first kappa shape index (κ1) is 20.9. The van der Waals surface area contributed by atoms with E-state index in [1.807, 2.05) is 30.3 Å². The van der Waals surface area contributed by atoms with Gasteiger partial charge in [-0.2, -0.15) is 5.26 Å². The summed E-state index contributed by atoms with van der Waals surface area (Å²) in [4.78, 5) is 9.19. The fourth-order valence-corrected chi connectivity index (χ4v) is 4.30. The summed E-state index contributed by atoms with van der Waals surface area (Å²) < 4.78 is 5.40. The number of para-hydroxylation sites is 2. The maximum Gasteiger partial charge on any atom is 0.173 e. The molecule has 0 radical (unpaired) electrons. The predicted molar refractivity (Wildman–Crippen MR) is 129 cm³/mol. The monoisotopic (exact) mass is 431 g/mol. The highest BCUT2D eigenvalue weighted by molar-refractivity contribution is 7.80. The van der Waals surface area contributed by atoms with Crippen molar-refractivity contribution >= 4 is 39.7 Å². The molecule has 3 aromatic rings. The summed E-state index contributed by atoms with van der Waals surface area (Å²) in [6, 6.07) is 16.2. The quantitative estimate of drug-likeness (QED) is 0.622. The van der Waals surface area contributed by atoms with E-state index in [1.165, 1.54) is 5.56 Å². The Labute approximate surface area is 188 Å². The van der Waals surface area contributed by atoms with Crippen LogP contribution in [0, 0.1) is 25.2 Å². The van der Waals surface area contributed by atoms with Crippen LogP contribution in [0.25, 0.3) is 10.9 Å². The van der Waals surface area contributed by atoms with Crippen molar-refractivity contribution in [2.75, 3.05) is 43.5 Å². The number of benzene rings is 2. The van der Waals surface area contributed by atoms with Crippen molar-refractivity contribution in [2.45, 2.75) is 13.8 Å². The van der Waals surface area contributed by atoms with Gasteiger partial charge in [0.2, 0.25) is 0 Å². The predicted octanol–water partition coefficient (Wildman–Crippen LogP) is 4.25. The number of piperazine rings is 1. The zero-order chi connectivity index (χ0) is 22.0. The number of rotatable bonds is 3. The minimum absolute atomic E-state index is 0.614. The zero-order valence-corrected chi connectivity index (χ0v) is 18.8. The van der Waals surface area contributed by atoms with Crippen molar-refractivity contribution in [3.8, 4) is 11.8 Å². The number of hydrogen-bond donors (Lipinski definition) is 1. The van der Waals surface area contributed by atoms with Gasteiger partial charge >= 0.3 is 0 Å². The van der Waals surface area contributed by atoms with Crippen molar-refractivity contribution in [3.63, 3.8) is 0 Å². The standard InChI is InChI=1S/C24H25N5OS/c1-16-12-17(2)19-14-18(15-25)23(26-21(19)13-16)28-8-10-29(11-9-28)24(31)27-20-6-4-5-7-22(20)30-3/h4-7,12-14H,8-11H2,1-3H3,(H,27,31). The average molecular weight is 432 g/mol. The molecule has 0 aliphatic carbocycles. The number of nitrogens with one attached hydrogen (secondary N) is 1. The van der Waals surface area contributed by atoms with Gasteiger partial charge in [0.15, 0.2) is 5.11 Å². The van der Waals surface area contributed by atoms with Crippen LogP contribution < -0.4 is 15.0 Å². The lowest BCUT2D eigenvalue weighted by molar-refractivity contribution is 0.389. The van der Waals surface area contributed by atoms with Gasteiger partial charge in [-0.3, -0.25) is 0 Å². The molecule has 0 atom stereocenters. The number of hydrogen-bond acceptors (Lipinski definition) is 5. The molecule has 0 saturated carbocycles. The summed E-state index contributed by atoms with van der Waals surface area (Å²) in [5.41, 5.74) is 4.71. The van der Waals surface area contributed by atoms with Crippen LogP contribution in [0.4, 0.5) is 11.5 Å². The van der Waals surface area contributed by atoms with Crippen LogP contribution >= 0.6 is 12.2 Å². The number of anilines is 2. The molecule has 0 spiro atoms. The number of methoxy groups -OCH3 is 1. The Morgan fingerprint density at radius 1 is 1.13 bits per heavy atom. The molecular formula is C24H25N5OS. The fourth-order valence-electron chi connectivity index (χ4n) is 4.01. The summed E-state index contributed by atoms with van der Waals surface area (Å²) in [7, 11) is 1.65. The Hall–Kier alpha value is -3.37. The van der Waals surface area contributed by atoms with E-state index in [2.05, 4.69) is 47.2 Å². The van der Waals surface area contributed by atoms with E-state index in [0.717, 1.165) is 59.9 Å². The third-order valence-corrected chi connectivity index (χ3v) is 5.96. The normalized spacial score (nSPS) is 13.7. The smallest absolute Gasteiger partial charge is 0.173 e. The largest absolute Gasteiger partial charge is 0.495 e. The number of ether oxygens (including phenoxy) is 1. The summed E-state index contributed by atoms with van der Waals surface area (Å²) in [5.74, 6) is 1.51. The van der Waals surface area contributed by atoms with Gasteiger partial charge in [0.05, 0.1) is 23.9 Å². The lowest BCUT2D eigenvalue weighted by atomic mass is 10.0. The lowest BCUT2D eigenvalue weighted by Crippen LogP contribution is -2.50. The Morgan fingerprint density at radius 2 is 1.87 bits per heavy atom. The van der Waals surface area contributed by atoms with Crippen LogP contribution in [0.1, 0.15) is 16.7 Å². The number of nitrogens with zero attached hydrogens (tertiary/aromatic N) is 4. The van der Waals surface area contributed by atoms with Crippen molar-refractivity contribution in [1.82, 2.24) is 9.88 Å². The molecule has 0 amide bonds. The molecule has 0 unspecified atom stereocenters. The topological polar surface area (TPSA) is 64.4 Å². The molecule has 1 aliphatic rings. The number of fused-ring (bicyclic) bond motifs is 1. The lowest BCUT2D eigenvalue weighted by Gasteiger charge is -2.37. The minimum atomic E-state index is 0.614. The van der Waals surface area contributed by atoms with Gasteiger partial charge in [0, 0.05) is 31.6 Å². The molecule has 1 N–H and O–H groups in total. The van der Waals surface area contributed by atoms with Crippen LogP contribution in [-0.4, -0.2) is 48.3 Å². The molecule has 1 aromatic heterocycles. The molecule has 6 nitrogen and oxygen atoms in total. The molecule has 158 valence electrons. The molecule has 31 heavy (non-hydrogen) atoms. The number of pyridine rings is 1. The number of aromatic nitrogens is 1. The molecule has 7 heteroatoms. The Bertz CT molecular complexity index is 1180. The van der Waals surface area contributed by atoms with E-state index in [0.29, 0.717) is 10.7 Å². The van der Waals surface area contributed by atoms with Crippen LogP contribution in [0.3, 0.4) is 0 Å². The maximum atomic E-state index is 9.74. The second kappa shape index (κ2) is 8.78. The van der Waals surface area contributed by atoms with E-state index in [9.17, 15) is 5.26 Å². The van der Waals surface area contributed by atoms with E-state index >= 15 is 0 Å². The molecule has 1 saturated heterocycles. The van der Waals surface area contributed by atoms with Gasteiger partial charge in [-0.05, 0) is 61.5 Å². The average Bonchev–Trinajstić information content (AvgIpc) is 2.78. The maximum absolute atomic E-state index is 9.74. The van der Waals surface area contributed by atoms with Crippen molar-refractivity contribution in [1.29, 1.82) is 5.26 Å². The first-order valence-corrected chi connectivity index (χ1v) is 10.7. The second-order valence-corrected chi connectivity index (χ2v) is 8.11. The van der Waals surface area contributed by atoms with Gasteiger partial charge in [0.1, 0.15) is 17.6 Å². The Balaban J connectivity index is 1.50. The van der Waals surface area contributed by atoms with E-state index in [1.54, 1.807) is 7.11 Å². The van der Waals surface area contributed by atoms with Crippen LogP contribution in [0.2, 0.25) is 0 Å². The Morgan fingerprint density at radius 3 is 2.58 bits per heavy atom. The van der Waals surface area contributed by atoms with E-state index in [4.69, 9.17) is 21.9 Å². The fraction of sp³-hybridized carbons (Fsp3) is 0.292. The van der Waals surface area contributed by atoms with E-state index < -0.39 is 0 Å². The van der Waals surface area contributed by atoms with Crippen LogP contribution in [-0.2, 0) is 0 Å². The third kappa shape index (κ3) is 4.25. The molecule has 0 bridgehead atoms. The zero-order valence-electron chi connectivity index (χ0n) is 18.0. The molecule has 1 fully saturated rings. The highest BCUT2D eigenvalue weighted by atomic mass is 32.1. The molecule has 4 rings (SSSR count). The number of thiocarbonyl (C=S) groups is 1. The van der Waals surface area contributed by atoms with Gasteiger partial charge in [0.25, 0.3) is 0 Å². The van der Waals surface area contributed by atoms with Crippen molar-refractivity contribution in [3.05, 3.63) is 59.2 Å². The highest BCUT2D eigenvalue weighted by Gasteiger charge is 2.23. The van der Waals surface area contributed by atoms with Gasteiger partial charge in [-0.1, -0.05) is 18.2 Å². The second-order valence-electron chi connectivity index (χ2n) is 7.72. The summed E-state index contributed by atoms with van der Waals surface area (Å²) in [6.45, 7) is 7.11. The Kier molecular flexibility index (Phi) is 5.92. The SMILES string of the molecule is COc1ccccc1NC(=S)N1CCN(c2nc3cc(C)cc(C)c3cc2C#N)CC1. The summed E-state index contributed by atoms with van der Waals surface area (Å²) in [6.07, 6.45) is 0.